The highest BCUT2D eigenvalue weighted by Gasteiger charge is 2.12. The number of nitrogens with one attached hydrogen (secondary N) is 1. The second-order valence-corrected chi connectivity index (χ2v) is 5.37. The lowest BCUT2D eigenvalue weighted by molar-refractivity contribution is 0.437. The van der Waals surface area contributed by atoms with E-state index in [-0.39, 0.29) is 6.04 Å². The fourth-order valence-electron chi connectivity index (χ4n) is 2.12. The largest absolute Gasteiger partial charge is 0.304 e. The number of hydrogen-bond acceptors (Lipinski definition) is 4. The Bertz CT molecular complexity index is 605. The van der Waals surface area contributed by atoms with Crippen LogP contribution in [-0.2, 0) is 13.1 Å². The Balaban J connectivity index is 1.73. The van der Waals surface area contributed by atoms with Gasteiger partial charge in [0.25, 0.3) is 0 Å². The Morgan fingerprint density at radius 2 is 2.10 bits per heavy atom. The van der Waals surface area contributed by atoms with Crippen LogP contribution in [0.4, 0.5) is 0 Å². The van der Waals surface area contributed by atoms with Crippen LogP contribution in [0, 0.1) is 0 Å². The maximum absolute atomic E-state index is 4.19. The van der Waals surface area contributed by atoms with Crippen molar-refractivity contribution in [2.75, 3.05) is 0 Å². The zero-order valence-corrected chi connectivity index (χ0v) is 11.8. The predicted octanol–water partition coefficient (Wildman–Crippen LogP) is 2.87. The third kappa shape index (κ3) is 3.31. The van der Waals surface area contributed by atoms with Crippen molar-refractivity contribution in [1.82, 2.24) is 20.1 Å². The average molecular weight is 284 g/mol. The molecule has 3 rings (SSSR count). The van der Waals surface area contributed by atoms with Crippen LogP contribution in [0.25, 0.3) is 0 Å². The molecule has 0 radical (unpaired) electrons. The molecule has 5 heteroatoms. The monoisotopic (exact) mass is 284 g/mol. The predicted molar refractivity (Wildman–Crippen MR) is 80.4 cm³/mol. The van der Waals surface area contributed by atoms with Crippen LogP contribution in [0.1, 0.15) is 17.2 Å². The van der Waals surface area contributed by atoms with Crippen molar-refractivity contribution in [2.24, 2.45) is 0 Å². The third-order valence-electron chi connectivity index (χ3n) is 3.17. The van der Waals surface area contributed by atoms with Gasteiger partial charge in [0.15, 0.2) is 0 Å². The van der Waals surface area contributed by atoms with Crippen molar-refractivity contribution in [3.05, 3.63) is 70.9 Å². The van der Waals surface area contributed by atoms with Crippen molar-refractivity contribution in [3.8, 4) is 0 Å². The van der Waals surface area contributed by atoms with Gasteiger partial charge in [-0.1, -0.05) is 30.3 Å². The Labute approximate surface area is 122 Å². The van der Waals surface area contributed by atoms with Gasteiger partial charge in [0.05, 0.1) is 12.6 Å². The number of aromatic nitrogens is 3. The van der Waals surface area contributed by atoms with Gasteiger partial charge in [0.2, 0.25) is 0 Å². The van der Waals surface area contributed by atoms with Gasteiger partial charge in [-0.15, -0.1) is 0 Å². The van der Waals surface area contributed by atoms with Crippen LogP contribution >= 0.6 is 11.3 Å². The molecule has 2 heterocycles. The Kier molecular flexibility index (Phi) is 4.20. The molecule has 0 saturated carbocycles. The molecule has 0 saturated heterocycles. The fourth-order valence-corrected chi connectivity index (χ4v) is 2.79. The Morgan fingerprint density at radius 3 is 2.80 bits per heavy atom. The molecule has 0 amide bonds. The summed E-state index contributed by atoms with van der Waals surface area (Å²) in [5.41, 5.74) is 2.58. The lowest BCUT2D eigenvalue weighted by Crippen LogP contribution is -2.25. The van der Waals surface area contributed by atoms with E-state index in [9.17, 15) is 0 Å². The summed E-state index contributed by atoms with van der Waals surface area (Å²) >= 11 is 1.72. The molecular formula is C15H16N4S. The zero-order valence-electron chi connectivity index (χ0n) is 11.0. The SMILES string of the molecule is c1ccc([C@H](Cn2cncn2)NCc2ccsc2)cc1. The van der Waals surface area contributed by atoms with Crippen molar-refractivity contribution in [1.29, 1.82) is 0 Å². The molecule has 0 bridgehead atoms. The van der Waals surface area contributed by atoms with Gasteiger partial charge in [-0.2, -0.15) is 16.4 Å². The van der Waals surface area contributed by atoms with Crippen molar-refractivity contribution in [3.63, 3.8) is 0 Å². The van der Waals surface area contributed by atoms with E-state index in [1.54, 1.807) is 24.0 Å². The molecule has 4 nitrogen and oxygen atoms in total. The summed E-state index contributed by atoms with van der Waals surface area (Å²) in [5.74, 6) is 0. The summed E-state index contributed by atoms with van der Waals surface area (Å²) in [7, 11) is 0. The van der Waals surface area contributed by atoms with E-state index >= 15 is 0 Å². The second-order valence-electron chi connectivity index (χ2n) is 4.59. The molecule has 0 aliphatic rings. The van der Waals surface area contributed by atoms with Crippen molar-refractivity contribution in [2.45, 2.75) is 19.1 Å². The first-order valence-corrected chi connectivity index (χ1v) is 7.48. The highest BCUT2D eigenvalue weighted by atomic mass is 32.1. The Morgan fingerprint density at radius 1 is 1.20 bits per heavy atom. The van der Waals surface area contributed by atoms with Gasteiger partial charge in [-0.3, -0.25) is 4.68 Å². The van der Waals surface area contributed by atoms with E-state index in [0.717, 1.165) is 13.1 Å². The number of hydrogen-bond donors (Lipinski definition) is 1. The molecule has 102 valence electrons. The highest BCUT2D eigenvalue weighted by molar-refractivity contribution is 7.07. The molecule has 1 aromatic carbocycles. The van der Waals surface area contributed by atoms with E-state index in [1.165, 1.54) is 11.1 Å². The van der Waals surface area contributed by atoms with Gasteiger partial charge in [0.1, 0.15) is 12.7 Å². The first kappa shape index (κ1) is 13.0. The number of nitrogens with zero attached hydrogens (tertiary/aromatic N) is 3. The van der Waals surface area contributed by atoms with Crippen LogP contribution in [0.5, 0.6) is 0 Å². The van der Waals surface area contributed by atoms with E-state index in [2.05, 4.69) is 56.5 Å². The Hall–Kier alpha value is -1.98. The lowest BCUT2D eigenvalue weighted by Gasteiger charge is -2.19. The van der Waals surface area contributed by atoms with E-state index in [1.807, 2.05) is 10.7 Å². The quantitative estimate of drug-likeness (QED) is 0.757. The molecule has 2 aromatic heterocycles. The van der Waals surface area contributed by atoms with Crippen LogP contribution < -0.4 is 5.32 Å². The molecule has 0 spiro atoms. The normalized spacial score (nSPS) is 12.4. The summed E-state index contributed by atoms with van der Waals surface area (Å²) < 4.78 is 1.86. The molecule has 0 unspecified atom stereocenters. The minimum Gasteiger partial charge on any atom is -0.304 e. The molecule has 1 N–H and O–H groups in total. The number of thiophene rings is 1. The van der Waals surface area contributed by atoms with Crippen molar-refractivity contribution >= 4 is 11.3 Å². The molecule has 20 heavy (non-hydrogen) atoms. The summed E-state index contributed by atoms with van der Waals surface area (Å²) in [4.78, 5) is 4.00. The molecular weight excluding hydrogens is 268 g/mol. The van der Waals surface area contributed by atoms with Gasteiger partial charge in [-0.25, -0.2) is 4.98 Å². The van der Waals surface area contributed by atoms with Gasteiger partial charge in [0, 0.05) is 6.54 Å². The van der Waals surface area contributed by atoms with Crippen LogP contribution in [0.2, 0.25) is 0 Å². The summed E-state index contributed by atoms with van der Waals surface area (Å²) in [5, 5.41) is 12.1. The zero-order chi connectivity index (χ0) is 13.6. The summed E-state index contributed by atoms with van der Waals surface area (Å²) in [6.07, 6.45) is 3.32. The van der Waals surface area contributed by atoms with Gasteiger partial charge in [-0.05, 0) is 28.0 Å². The third-order valence-corrected chi connectivity index (χ3v) is 3.90. The van der Waals surface area contributed by atoms with E-state index in [4.69, 9.17) is 0 Å². The van der Waals surface area contributed by atoms with E-state index < -0.39 is 0 Å². The van der Waals surface area contributed by atoms with E-state index in [0.29, 0.717) is 0 Å². The first-order chi connectivity index (χ1) is 9.92. The maximum Gasteiger partial charge on any atom is 0.137 e. The molecule has 0 aliphatic heterocycles. The lowest BCUT2D eigenvalue weighted by atomic mass is 10.1. The fraction of sp³-hybridized carbons (Fsp3) is 0.200. The van der Waals surface area contributed by atoms with Crippen molar-refractivity contribution < 1.29 is 0 Å². The maximum atomic E-state index is 4.19. The standard InChI is InChI=1S/C15H16N4S/c1-2-4-14(5-3-1)15(9-19-12-16-11-18-19)17-8-13-6-7-20-10-13/h1-7,10-12,15,17H,8-9H2/t15-/m0/s1. The number of benzene rings is 1. The average Bonchev–Trinajstić information content (AvgIpc) is 3.18. The molecule has 0 fully saturated rings. The van der Waals surface area contributed by atoms with Gasteiger partial charge < -0.3 is 5.32 Å². The first-order valence-electron chi connectivity index (χ1n) is 6.53. The smallest absolute Gasteiger partial charge is 0.137 e. The second kappa shape index (κ2) is 6.45. The molecule has 3 aromatic rings. The van der Waals surface area contributed by atoms with Crippen LogP contribution in [-0.4, -0.2) is 14.8 Å². The summed E-state index contributed by atoms with van der Waals surface area (Å²) in [6.45, 7) is 1.63. The molecule has 0 aliphatic carbocycles. The highest BCUT2D eigenvalue weighted by Crippen LogP contribution is 2.16. The molecule has 1 atom stereocenters. The minimum absolute atomic E-state index is 0.220. The summed E-state index contributed by atoms with van der Waals surface area (Å²) in [6, 6.07) is 12.8. The number of rotatable bonds is 6. The van der Waals surface area contributed by atoms with Crippen LogP contribution in [0.3, 0.4) is 0 Å². The van der Waals surface area contributed by atoms with Crippen LogP contribution in [0.15, 0.2) is 59.8 Å². The minimum atomic E-state index is 0.220. The topological polar surface area (TPSA) is 42.7 Å². The van der Waals surface area contributed by atoms with Gasteiger partial charge >= 0.3 is 0 Å².